The Morgan fingerprint density at radius 3 is 1.96 bits per heavy atom. The van der Waals surface area contributed by atoms with Crippen molar-refractivity contribution in [1.82, 2.24) is 9.78 Å². The van der Waals surface area contributed by atoms with Gasteiger partial charge in [-0.05, 0) is 19.1 Å². The number of hydrogen-bond donors (Lipinski definition) is 2. The molecule has 0 amide bonds. The Balaban J connectivity index is 0.000000568. The molecule has 0 bridgehead atoms. The number of rotatable bonds is 3. The lowest BCUT2D eigenvalue weighted by Crippen LogP contribution is -2.09. The molecule has 28 heavy (non-hydrogen) atoms. The lowest BCUT2D eigenvalue weighted by molar-refractivity contribution is 0.277. The zero-order valence-electron chi connectivity index (χ0n) is 14.0. The van der Waals surface area contributed by atoms with Crippen LogP contribution in [0.4, 0.5) is 25.2 Å². The smallest absolute Gasteiger partial charge is 0.310 e. The van der Waals surface area contributed by atoms with Crippen LogP contribution in [0.15, 0.2) is 23.1 Å². The molecule has 2 atom stereocenters. The van der Waals surface area contributed by atoms with Crippen molar-refractivity contribution in [3.8, 4) is 11.8 Å². The fourth-order valence-electron chi connectivity index (χ4n) is 1.60. The summed E-state index contributed by atoms with van der Waals surface area (Å²) >= 11 is 11.3. The maximum absolute atomic E-state index is 12.8. The van der Waals surface area contributed by atoms with Crippen LogP contribution in [-0.4, -0.2) is 30.8 Å². The first kappa shape index (κ1) is 24.4. The summed E-state index contributed by atoms with van der Waals surface area (Å²) in [4.78, 5) is -2.23. The van der Waals surface area contributed by atoms with E-state index in [0.29, 0.717) is 0 Å². The Bertz CT molecular complexity index is 951. The zero-order chi connectivity index (χ0) is 22.1. The topological polar surface area (TPSA) is 105 Å². The number of nitrogens with two attached hydrogens (primary N) is 1. The minimum atomic E-state index is -9.93. The fourth-order valence-corrected chi connectivity index (χ4v) is 3.05. The molecule has 0 aliphatic carbocycles. The number of aromatic nitrogens is 2. The predicted molar refractivity (Wildman–Crippen MR) is 99.9 cm³/mol. The van der Waals surface area contributed by atoms with Crippen molar-refractivity contribution >= 4 is 50.0 Å². The number of aliphatic hydroxyl groups excluding tert-OH is 1. The third-order valence-electron chi connectivity index (χ3n) is 2.98. The molecule has 2 aromatic rings. The minimum absolute atomic E-state index is 0.0392. The highest BCUT2D eigenvalue weighted by molar-refractivity contribution is 8.45. The number of aliphatic hydroxyl groups is 1. The van der Waals surface area contributed by atoms with Gasteiger partial charge in [0.25, 0.3) is 0 Å². The van der Waals surface area contributed by atoms with Crippen LogP contribution in [0.5, 0.6) is 0 Å². The fraction of sp³-hybridized carbons (Fsp3) is 0.231. The first-order valence-corrected chi connectivity index (χ1v) is 11.2. The van der Waals surface area contributed by atoms with Crippen molar-refractivity contribution in [1.29, 1.82) is 5.26 Å². The first-order chi connectivity index (χ1) is 12.4. The summed E-state index contributed by atoms with van der Waals surface area (Å²) in [5.41, 5.74) is 4.36. The Morgan fingerprint density at radius 2 is 1.68 bits per heavy atom. The molecule has 1 heterocycles. The molecular formula is C13H13Cl2F5N4O2S2. The predicted octanol–water partition coefficient (Wildman–Crippen LogP) is 4.99. The van der Waals surface area contributed by atoms with E-state index < -0.39 is 41.4 Å². The molecule has 0 radical (unpaired) electrons. The Hall–Kier alpha value is -1.59. The number of nitriles is 1. The van der Waals surface area contributed by atoms with Crippen molar-refractivity contribution in [2.45, 2.75) is 17.3 Å². The van der Waals surface area contributed by atoms with E-state index in [-0.39, 0.29) is 29.3 Å². The van der Waals surface area contributed by atoms with Gasteiger partial charge in [-0.25, -0.2) is 4.68 Å². The lowest BCUT2D eigenvalue weighted by Gasteiger charge is -2.40. The minimum Gasteiger partial charge on any atom is -0.384 e. The summed E-state index contributed by atoms with van der Waals surface area (Å²) in [6.07, 6.45) is 1.46. The highest BCUT2D eigenvalue weighted by Crippen LogP contribution is 3.02. The van der Waals surface area contributed by atoms with Gasteiger partial charge in [0.05, 0.1) is 10.0 Å². The first-order valence-electron chi connectivity index (χ1n) is 6.86. The Kier molecular flexibility index (Phi) is 6.41. The van der Waals surface area contributed by atoms with Gasteiger partial charge in [0.2, 0.25) is 0 Å². The molecule has 1 aromatic carbocycles. The van der Waals surface area contributed by atoms with E-state index in [2.05, 4.69) is 5.10 Å². The quantitative estimate of drug-likeness (QED) is 0.594. The molecule has 1 aromatic heterocycles. The van der Waals surface area contributed by atoms with Crippen molar-refractivity contribution < 1.29 is 28.7 Å². The van der Waals surface area contributed by atoms with Gasteiger partial charge < -0.3 is 10.8 Å². The summed E-state index contributed by atoms with van der Waals surface area (Å²) < 4.78 is 74.7. The van der Waals surface area contributed by atoms with Gasteiger partial charge in [-0.3, -0.25) is 4.21 Å². The van der Waals surface area contributed by atoms with Gasteiger partial charge in [-0.15, -0.1) is 0 Å². The molecule has 6 nitrogen and oxygen atoms in total. The van der Waals surface area contributed by atoms with Gasteiger partial charge in [-0.1, -0.05) is 42.6 Å². The van der Waals surface area contributed by atoms with Gasteiger partial charge in [0.1, 0.15) is 27.9 Å². The molecule has 3 N–H and O–H groups in total. The van der Waals surface area contributed by atoms with Gasteiger partial charge >= 0.3 is 10.2 Å². The second-order valence-electron chi connectivity index (χ2n) is 5.28. The van der Waals surface area contributed by atoms with E-state index in [1.807, 2.05) is 0 Å². The van der Waals surface area contributed by atoms with E-state index in [1.54, 1.807) is 6.07 Å². The van der Waals surface area contributed by atoms with Gasteiger partial charge in [-0.2, -0.15) is 10.4 Å². The highest BCUT2D eigenvalue weighted by Gasteiger charge is 2.65. The average molecular weight is 487 g/mol. The third-order valence-corrected chi connectivity index (χ3v) is 5.64. The monoisotopic (exact) mass is 486 g/mol. The van der Waals surface area contributed by atoms with E-state index >= 15 is 0 Å². The molecule has 0 aliphatic heterocycles. The SMILES string of the molecule is CC(O)S(C)=O.N#Cc1cc(N)n(-c2c(Cl)cc(S(F)(F)(F)(F)F)cc2Cl)n1. The molecule has 0 saturated heterocycles. The normalized spacial score (nSPS) is 16.0. The molecule has 15 heteroatoms. The summed E-state index contributed by atoms with van der Waals surface area (Å²) in [5, 5.41) is 19.2. The third kappa shape index (κ3) is 6.21. The molecule has 2 rings (SSSR count). The summed E-state index contributed by atoms with van der Waals surface area (Å²) in [7, 11) is -11.0. The second kappa shape index (κ2) is 7.34. The number of nitrogens with zero attached hydrogens (tertiary/aromatic N) is 3. The Labute approximate surface area is 168 Å². The van der Waals surface area contributed by atoms with Crippen molar-refractivity contribution in [2.75, 3.05) is 12.0 Å². The molecule has 0 saturated carbocycles. The number of anilines is 1. The Morgan fingerprint density at radius 1 is 1.25 bits per heavy atom. The number of halogens is 7. The standard InChI is InChI=1S/C10H5Cl2F5N4S.C3H8O2S/c11-7-2-6(22(13,14,15,16)17)3-8(12)10(7)21-9(19)1-5(4-18)20-21;1-3(4)6(2)5/h1-3H,19H2;3-4H,1-2H3. The van der Waals surface area contributed by atoms with Crippen LogP contribution in [0.1, 0.15) is 12.6 Å². The summed E-state index contributed by atoms with van der Waals surface area (Å²) in [6.45, 7) is 1.50. The molecular weight excluding hydrogens is 474 g/mol. The number of benzene rings is 1. The van der Waals surface area contributed by atoms with E-state index in [4.69, 9.17) is 39.3 Å². The van der Waals surface area contributed by atoms with Crippen molar-refractivity contribution in [3.63, 3.8) is 0 Å². The summed E-state index contributed by atoms with van der Waals surface area (Å²) in [6, 6.07) is 2.85. The van der Waals surface area contributed by atoms with Crippen LogP contribution in [0.3, 0.4) is 0 Å². The van der Waals surface area contributed by atoms with Crippen LogP contribution in [0.2, 0.25) is 10.0 Å². The van der Waals surface area contributed by atoms with Gasteiger partial charge in [0, 0.05) is 23.1 Å². The molecule has 0 fully saturated rings. The average Bonchev–Trinajstić information content (AvgIpc) is 2.86. The second-order valence-corrected chi connectivity index (χ2v) is 10.2. The number of nitrogen functional groups attached to an aromatic ring is 1. The maximum Gasteiger partial charge on any atom is 0.310 e. The van der Waals surface area contributed by atoms with Crippen molar-refractivity contribution in [3.05, 3.63) is 33.9 Å². The van der Waals surface area contributed by atoms with Crippen LogP contribution in [0.25, 0.3) is 5.69 Å². The van der Waals surface area contributed by atoms with Gasteiger partial charge in [0.15, 0.2) is 5.69 Å². The molecule has 158 valence electrons. The van der Waals surface area contributed by atoms with E-state index in [0.717, 1.165) is 10.7 Å². The van der Waals surface area contributed by atoms with Crippen molar-refractivity contribution in [2.24, 2.45) is 0 Å². The maximum atomic E-state index is 12.8. The van der Waals surface area contributed by atoms with Crippen LogP contribution >= 0.6 is 33.4 Å². The zero-order valence-corrected chi connectivity index (χ0v) is 17.2. The molecule has 2 unspecified atom stereocenters. The van der Waals surface area contributed by atoms with Crippen LogP contribution in [-0.2, 0) is 10.8 Å². The number of hydrogen-bond acceptors (Lipinski definition) is 5. The summed E-state index contributed by atoms with van der Waals surface area (Å²) in [5.74, 6) is -0.152. The molecule has 0 aliphatic rings. The largest absolute Gasteiger partial charge is 0.384 e. The van der Waals surface area contributed by atoms with E-state index in [9.17, 15) is 23.6 Å². The van der Waals surface area contributed by atoms with Crippen LogP contribution in [0, 0.1) is 11.3 Å². The van der Waals surface area contributed by atoms with Crippen LogP contribution < -0.4 is 5.73 Å². The lowest BCUT2D eigenvalue weighted by atomic mass is 10.3. The molecule has 0 spiro atoms. The van der Waals surface area contributed by atoms with E-state index in [1.165, 1.54) is 13.2 Å². The highest BCUT2D eigenvalue weighted by atomic mass is 35.5.